The van der Waals surface area contributed by atoms with Crippen LogP contribution in [0.15, 0.2) is 53.7 Å². The lowest BCUT2D eigenvalue weighted by atomic mass is 9.99. The first-order valence-corrected chi connectivity index (χ1v) is 10.4. The Kier molecular flexibility index (Phi) is 5.81. The summed E-state index contributed by atoms with van der Waals surface area (Å²) in [4.78, 5) is 30.2. The van der Waals surface area contributed by atoms with Gasteiger partial charge in [-0.3, -0.25) is 9.59 Å². The molecule has 1 unspecified atom stereocenters. The van der Waals surface area contributed by atoms with Crippen LogP contribution in [-0.4, -0.2) is 33.1 Å². The number of hydrogen-bond acceptors (Lipinski definition) is 4. The van der Waals surface area contributed by atoms with Crippen LogP contribution >= 0.6 is 0 Å². The number of pyridine rings is 1. The molecule has 2 N–H and O–H groups in total. The average molecular weight is 406 g/mol. The lowest BCUT2D eigenvalue weighted by Crippen LogP contribution is -2.36. The molecule has 0 aliphatic carbocycles. The minimum absolute atomic E-state index is 0.204. The van der Waals surface area contributed by atoms with Crippen LogP contribution < -0.4 is 16.2 Å². The van der Waals surface area contributed by atoms with Gasteiger partial charge in [-0.15, -0.1) is 0 Å². The molecule has 1 saturated heterocycles. The third kappa shape index (κ3) is 4.21. The average Bonchev–Trinajstić information content (AvgIpc) is 3.17. The fourth-order valence-corrected chi connectivity index (χ4v) is 3.99. The van der Waals surface area contributed by atoms with E-state index in [9.17, 15) is 9.59 Å². The fraction of sp³-hybridized carbons (Fsp3) is 0.348. The molecule has 1 atom stereocenters. The zero-order chi connectivity index (χ0) is 21.1. The molecule has 156 valence electrons. The number of piperidine rings is 1. The molecule has 0 bridgehead atoms. The molecular formula is C23H27N5O2. The fourth-order valence-electron chi connectivity index (χ4n) is 3.99. The summed E-state index contributed by atoms with van der Waals surface area (Å²) in [5.74, 6) is 0.926. The van der Waals surface area contributed by atoms with Crippen LogP contribution in [0.5, 0.6) is 0 Å². The van der Waals surface area contributed by atoms with Crippen molar-refractivity contribution < 1.29 is 4.79 Å². The van der Waals surface area contributed by atoms with Gasteiger partial charge in [0.1, 0.15) is 11.4 Å². The summed E-state index contributed by atoms with van der Waals surface area (Å²) in [7, 11) is 0. The van der Waals surface area contributed by atoms with Crippen molar-refractivity contribution in [3.63, 3.8) is 0 Å². The highest BCUT2D eigenvalue weighted by atomic mass is 16.2. The van der Waals surface area contributed by atoms with Crippen LogP contribution in [0.25, 0.3) is 5.69 Å². The van der Waals surface area contributed by atoms with Crippen molar-refractivity contribution in [3.05, 3.63) is 76.2 Å². The summed E-state index contributed by atoms with van der Waals surface area (Å²) in [5.41, 5.74) is 2.26. The van der Waals surface area contributed by atoms with E-state index in [1.807, 2.05) is 48.0 Å². The summed E-state index contributed by atoms with van der Waals surface area (Å²) in [6.07, 6.45) is 7.65. The van der Waals surface area contributed by atoms with Gasteiger partial charge in [0.05, 0.1) is 0 Å². The SMILES string of the molecule is Cc1ccn(CC2CCCNC2)c(=O)c1C(=O)Nc1ccc(-n2ccnc2C)cc1. The molecule has 1 aromatic carbocycles. The first kappa shape index (κ1) is 20.1. The van der Waals surface area contributed by atoms with Crippen molar-refractivity contribution in [1.29, 1.82) is 0 Å². The zero-order valence-corrected chi connectivity index (χ0v) is 17.4. The molecule has 1 fully saturated rings. The molecule has 7 heteroatoms. The normalized spacial score (nSPS) is 16.4. The summed E-state index contributed by atoms with van der Waals surface area (Å²) in [5, 5.41) is 6.24. The number of benzene rings is 1. The van der Waals surface area contributed by atoms with Crippen molar-refractivity contribution in [1.82, 2.24) is 19.4 Å². The van der Waals surface area contributed by atoms with Gasteiger partial charge in [-0.25, -0.2) is 4.98 Å². The summed E-state index contributed by atoms with van der Waals surface area (Å²) in [6, 6.07) is 9.33. The van der Waals surface area contributed by atoms with Crippen molar-refractivity contribution in [2.24, 2.45) is 5.92 Å². The number of imidazole rings is 1. The number of hydrogen-bond donors (Lipinski definition) is 2. The van der Waals surface area contributed by atoms with Crippen LogP contribution in [0.3, 0.4) is 0 Å². The van der Waals surface area contributed by atoms with Crippen molar-refractivity contribution >= 4 is 11.6 Å². The van der Waals surface area contributed by atoms with E-state index in [2.05, 4.69) is 15.6 Å². The molecule has 0 saturated carbocycles. The van der Waals surface area contributed by atoms with E-state index in [4.69, 9.17) is 0 Å². The molecule has 0 spiro atoms. The van der Waals surface area contributed by atoms with Crippen LogP contribution in [0, 0.1) is 19.8 Å². The molecule has 4 rings (SSSR count). The van der Waals surface area contributed by atoms with Crippen LogP contribution in [0.4, 0.5) is 5.69 Å². The minimum Gasteiger partial charge on any atom is -0.322 e. The zero-order valence-electron chi connectivity index (χ0n) is 17.4. The Bertz CT molecular complexity index is 1090. The molecule has 2 aromatic heterocycles. The molecule has 7 nitrogen and oxygen atoms in total. The van der Waals surface area contributed by atoms with E-state index in [-0.39, 0.29) is 17.0 Å². The largest absolute Gasteiger partial charge is 0.322 e. The van der Waals surface area contributed by atoms with Crippen molar-refractivity contribution in [2.75, 3.05) is 18.4 Å². The Hall–Kier alpha value is -3.19. The van der Waals surface area contributed by atoms with Gasteiger partial charge < -0.3 is 19.8 Å². The number of nitrogens with zero attached hydrogens (tertiary/aromatic N) is 3. The summed E-state index contributed by atoms with van der Waals surface area (Å²) in [6.45, 7) is 6.30. The highest BCUT2D eigenvalue weighted by molar-refractivity contribution is 6.05. The minimum atomic E-state index is -0.375. The standard InChI is InChI=1S/C23H27N5O2/c1-16-9-12-27(15-18-4-3-10-24-14-18)23(30)21(16)22(29)26-19-5-7-20(8-6-19)28-13-11-25-17(28)2/h5-9,11-13,18,24H,3-4,10,14-15H2,1-2H3,(H,26,29). The second kappa shape index (κ2) is 8.67. The van der Waals surface area contributed by atoms with Gasteiger partial charge in [0, 0.05) is 36.5 Å². The molecular weight excluding hydrogens is 378 g/mol. The maximum atomic E-state index is 13.0. The van der Waals surface area contributed by atoms with E-state index in [1.165, 1.54) is 0 Å². The first-order chi connectivity index (χ1) is 14.5. The second-order valence-corrected chi connectivity index (χ2v) is 7.89. The Balaban J connectivity index is 1.52. The van der Waals surface area contributed by atoms with E-state index in [0.29, 0.717) is 23.7 Å². The number of nitrogens with one attached hydrogen (secondary N) is 2. The predicted octanol–water partition coefficient (Wildman–Crippen LogP) is 2.90. The highest BCUT2D eigenvalue weighted by Gasteiger charge is 2.19. The van der Waals surface area contributed by atoms with Gasteiger partial charge in [0.25, 0.3) is 11.5 Å². The Morgan fingerprint density at radius 2 is 2.00 bits per heavy atom. The number of carbonyl (C=O) groups excluding carboxylic acids is 1. The number of aryl methyl sites for hydroxylation is 2. The van der Waals surface area contributed by atoms with E-state index < -0.39 is 0 Å². The molecule has 1 aliphatic heterocycles. The van der Waals surface area contributed by atoms with E-state index in [1.54, 1.807) is 23.9 Å². The number of aromatic nitrogens is 3. The number of anilines is 1. The van der Waals surface area contributed by atoms with Crippen LogP contribution in [0.1, 0.15) is 34.6 Å². The molecule has 30 heavy (non-hydrogen) atoms. The highest BCUT2D eigenvalue weighted by Crippen LogP contribution is 2.16. The quantitative estimate of drug-likeness (QED) is 0.684. The monoisotopic (exact) mass is 405 g/mol. The second-order valence-electron chi connectivity index (χ2n) is 7.89. The van der Waals surface area contributed by atoms with Gasteiger partial charge in [-0.1, -0.05) is 0 Å². The molecule has 3 heterocycles. The van der Waals surface area contributed by atoms with Gasteiger partial charge in [0.15, 0.2) is 0 Å². The molecule has 1 aliphatic rings. The topological polar surface area (TPSA) is 81.0 Å². The predicted molar refractivity (Wildman–Crippen MR) is 117 cm³/mol. The van der Waals surface area contributed by atoms with Crippen LogP contribution in [-0.2, 0) is 6.54 Å². The maximum absolute atomic E-state index is 13.0. The number of amides is 1. The number of rotatable bonds is 5. The van der Waals surface area contributed by atoms with Gasteiger partial charge in [-0.05, 0) is 81.6 Å². The summed E-state index contributed by atoms with van der Waals surface area (Å²) >= 11 is 0. The van der Waals surface area contributed by atoms with Crippen molar-refractivity contribution in [3.8, 4) is 5.69 Å². The van der Waals surface area contributed by atoms with Crippen molar-refractivity contribution in [2.45, 2.75) is 33.2 Å². The van der Waals surface area contributed by atoms with Gasteiger partial charge in [0.2, 0.25) is 0 Å². The van der Waals surface area contributed by atoms with Gasteiger partial charge in [-0.2, -0.15) is 0 Å². The molecule has 3 aromatic rings. The van der Waals surface area contributed by atoms with Crippen LogP contribution in [0.2, 0.25) is 0 Å². The molecule has 1 amide bonds. The maximum Gasteiger partial charge on any atom is 0.263 e. The number of carbonyl (C=O) groups is 1. The Morgan fingerprint density at radius 3 is 2.67 bits per heavy atom. The van der Waals surface area contributed by atoms with E-state index >= 15 is 0 Å². The summed E-state index contributed by atoms with van der Waals surface area (Å²) < 4.78 is 3.64. The van der Waals surface area contributed by atoms with Gasteiger partial charge >= 0.3 is 0 Å². The third-order valence-corrected chi connectivity index (χ3v) is 5.68. The molecule has 0 radical (unpaired) electrons. The third-order valence-electron chi connectivity index (χ3n) is 5.68. The smallest absolute Gasteiger partial charge is 0.263 e. The van der Waals surface area contributed by atoms with E-state index in [0.717, 1.165) is 37.4 Å². The lowest BCUT2D eigenvalue weighted by molar-refractivity contribution is 0.102. The Morgan fingerprint density at radius 1 is 1.20 bits per heavy atom. The Labute approximate surface area is 175 Å². The first-order valence-electron chi connectivity index (χ1n) is 10.4. The lowest BCUT2D eigenvalue weighted by Gasteiger charge is -2.23.